The second kappa shape index (κ2) is 9.25. The van der Waals surface area contributed by atoms with E-state index in [4.69, 9.17) is 4.74 Å². The molecule has 174 valence electrons. The highest BCUT2D eigenvalue weighted by atomic mass is 16.5. The Balaban J connectivity index is 1.40. The van der Waals surface area contributed by atoms with Crippen molar-refractivity contribution in [3.63, 3.8) is 0 Å². The Morgan fingerprint density at radius 1 is 1.06 bits per heavy atom. The molecule has 33 heavy (non-hydrogen) atoms. The maximum absolute atomic E-state index is 12.9. The second-order valence-corrected chi connectivity index (χ2v) is 9.18. The van der Waals surface area contributed by atoms with Crippen molar-refractivity contribution in [2.24, 2.45) is 5.92 Å². The van der Waals surface area contributed by atoms with E-state index in [1.54, 1.807) is 13.8 Å². The van der Waals surface area contributed by atoms with E-state index in [0.29, 0.717) is 18.8 Å². The van der Waals surface area contributed by atoms with E-state index in [-0.39, 0.29) is 12.5 Å². The number of alkyl carbamates (subject to hydrolysis) is 1. The van der Waals surface area contributed by atoms with Crippen molar-refractivity contribution in [2.45, 2.75) is 57.0 Å². The first-order chi connectivity index (χ1) is 15.8. The van der Waals surface area contributed by atoms with Gasteiger partial charge in [-0.15, -0.1) is 0 Å². The zero-order valence-corrected chi connectivity index (χ0v) is 19.0. The summed E-state index contributed by atoms with van der Waals surface area (Å²) in [4.78, 5) is 37.1. The predicted molar refractivity (Wildman–Crippen MR) is 124 cm³/mol. The van der Waals surface area contributed by atoms with Crippen molar-refractivity contribution in [3.8, 4) is 11.1 Å². The SMILES string of the molecule is CCC(C)(NC(=O)OCC1c2ccccc2-c2ccccc21)C(=O)N[C@@H](CC1CC1)C(=O)O. The molecule has 3 N–H and O–H groups in total. The highest BCUT2D eigenvalue weighted by Gasteiger charge is 2.38. The molecule has 7 heteroatoms. The minimum Gasteiger partial charge on any atom is -0.480 e. The molecule has 1 saturated carbocycles. The van der Waals surface area contributed by atoms with E-state index in [9.17, 15) is 19.5 Å². The molecule has 2 aliphatic carbocycles. The van der Waals surface area contributed by atoms with Gasteiger partial charge in [0.05, 0.1) is 0 Å². The molecule has 0 spiro atoms. The number of amides is 2. The van der Waals surface area contributed by atoms with E-state index in [1.807, 2.05) is 36.4 Å². The predicted octanol–water partition coefficient (Wildman–Crippen LogP) is 4.06. The van der Waals surface area contributed by atoms with Crippen LogP contribution in [0.1, 0.15) is 56.6 Å². The molecule has 2 aromatic carbocycles. The van der Waals surface area contributed by atoms with Gasteiger partial charge in [-0.25, -0.2) is 9.59 Å². The van der Waals surface area contributed by atoms with Gasteiger partial charge < -0.3 is 20.5 Å². The molecule has 0 aromatic heterocycles. The van der Waals surface area contributed by atoms with E-state index in [2.05, 4.69) is 22.8 Å². The van der Waals surface area contributed by atoms with Gasteiger partial charge in [0, 0.05) is 5.92 Å². The summed E-state index contributed by atoms with van der Waals surface area (Å²) in [7, 11) is 0. The number of hydrogen-bond acceptors (Lipinski definition) is 4. The normalized spacial score (nSPS) is 17.3. The number of hydrogen-bond donors (Lipinski definition) is 3. The molecule has 1 unspecified atom stereocenters. The number of ether oxygens (including phenoxy) is 1. The van der Waals surface area contributed by atoms with Gasteiger partial charge in [-0.3, -0.25) is 4.79 Å². The van der Waals surface area contributed by atoms with Crippen molar-refractivity contribution < 1.29 is 24.2 Å². The molecule has 0 radical (unpaired) electrons. The van der Waals surface area contributed by atoms with Crippen molar-refractivity contribution in [3.05, 3.63) is 59.7 Å². The minimum absolute atomic E-state index is 0.0835. The van der Waals surface area contributed by atoms with Crippen LogP contribution in [0.5, 0.6) is 0 Å². The molecule has 7 nitrogen and oxygen atoms in total. The second-order valence-electron chi connectivity index (χ2n) is 9.18. The Morgan fingerprint density at radius 3 is 2.15 bits per heavy atom. The molecular formula is C26H30N2O5. The first-order valence-corrected chi connectivity index (χ1v) is 11.5. The molecule has 0 aliphatic heterocycles. The third-order valence-corrected chi connectivity index (χ3v) is 6.80. The Bertz CT molecular complexity index is 1020. The van der Waals surface area contributed by atoms with Gasteiger partial charge >= 0.3 is 12.1 Å². The maximum Gasteiger partial charge on any atom is 0.408 e. The van der Waals surface area contributed by atoms with Crippen molar-refractivity contribution in [1.82, 2.24) is 10.6 Å². The molecule has 0 bridgehead atoms. The van der Waals surface area contributed by atoms with Crippen LogP contribution in [-0.2, 0) is 14.3 Å². The number of benzene rings is 2. The van der Waals surface area contributed by atoms with Crippen LogP contribution < -0.4 is 10.6 Å². The number of carbonyl (C=O) groups is 3. The number of carboxylic acid groups (broad SMARTS) is 1. The third-order valence-electron chi connectivity index (χ3n) is 6.80. The van der Waals surface area contributed by atoms with Crippen LogP contribution >= 0.6 is 0 Å². The molecule has 4 rings (SSSR count). The smallest absolute Gasteiger partial charge is 0.408 e. The Kier molecular flexibility index (Phi) is 6.40. The van der Waals surface area contributed by atoms with Crippen LogP contribution in [0.4, 0.5) is 4.79 Å². The Morgan fingerprint density at radius 2 is 1.64 bits per heavy atom. The summed E-state index contributed by atoms with van der Waals surface area (Å²) in [5.74, 6) is -1.32. The summed E-state index contributed by atoms with van der Waals surface area (Å²) in [5.41, 5.74) is 3.20. The van der Waals surface area contributed by atoms with E-state index < -0.39 is 29.6 Å². The van der Waals surface area contributed by atoms with E-state index in [1.165, 1.54) is 0 Å². The molecule has 2 aromatic rings. The quantitative estimate of drug-likeness (QED) is 0.534. The van der Waals surface area contributed by atoms with Gasteiger partial charge in [0.15, 0.2) is 0 Å². The zero-order chi connectivity index (χ0) is 23.6. The highest BCUT2D eigenvalue weighted by Crippen LogP contribution is 2.44. The topological polar surface area (TPSA) is 105 Å². The van der Waals surface area contributed by atoms with Crippen LogP contribution in [0, 0.1) is 5.92 Å². The lowest BCUT2D eigenvalue weighted by Crippen LogP contribution is -2.59. The lowest BCUT2D eigenvalue weighted by molar-refractivity contribution is -0.143. The lowest BCUT2D eigenvalue weighted by Gasteiger charge is -2.29. The fraction of sp³-hybridized carbons (Fsp3) is 0.423. The number of rotatable bonds is 9. The van der Waals surface area contributed by atoms with Crippen LogP contribution in [0.25, 0.3) is 11.1 Å². The first kappa shape index (κ1) is 22.8. The molecule has 2 atom stereocenters. The average molecular weight is 451 g/mol. The van der Waals surface area contributed by atoms with Crippen LogP contribution in [0.3, 0.4) is 0 Å². The summed E-state index contributed by atoms with van der Waals surface area (Å²) >= 11 is 0. The maximum atomic E-state index is 12.9. The van der Waals surface area contributed by atoms with Crippen LogP contribution in [0.15, 0.2) is 48.5 Å². The lowest BCUT2D eigenvalue weighted by atomic mass is 9.96. The fourth-order valence-corrected chi connectivity index (χ4v) is 4.39. The van der Waals surface area contributed by atoms with Gasteiger partial charge in [-0.2, -0.15) is 0 Å². The molecule has 2 amide bonds. The number of aliphatic carboxylic acids is 1. The zero-order valence-electron chi connectivity index (χ0n) is 19.0. The number of fused-ring (bicyclic) bond motifs is 3. The Labute approximate surface area is 193 Å². The first-order valence-electron chi connectivity index (χ1n) is 11.5. The summed E-state index contributed by atoms with van der Waals surface area (Å²) in [6.45, 7) is 3.49. The van der Waals surface area contributed by atoms with Crippen LogP contribution in [-0.4, -0.2) is 41.3 Å². The minimum atomic E-state index is -1.28. The summed E-state index contributed by atoms with van der Waals surface area (Å²) in [6, 6.07) is 15.2. The van der Waals surface area contributed by atoms with Gasteiger partial charge in [0.2, 0.25) is 5.91 Å². The van der Waals surface area contributed by atoms with Crippen molar-refractivity contribution in [1.29, 1.82) is 0 Å². The van der Waals surface area contributed by atoms with Gasteiger partial charge in [0.25, 0.3) is 0 Å². The fourth-order valence-electron chi connectivity index (χ4n) is 4.39. The van der Waals surface area contributed by atoms with Crippen molar-refractivity contribution >= 4 is 18.0 Å². The number of carbonyl (C=O) groups excluding carboxylic acids is 2. The van der Waals surface area contributed by atoms with Gasteiger partial charge in [-0.1, -0.05) is 68.3 Å². The van der Waals surface area contributed by atoms with Gasteiger partial charge in [0.1, 0.15) is 18.2 Å². The Hall–Kier alpha value is -3.35. The third kappa shape index (κ3) is 4.87. The molecular weight excluding hydrogens is 420 g/mol. The van der Waals surface area contributed by atoms with Crippen LogP contribution in [0.2, 0.25) is 0 Å². The standard InChI is InChI=1S/C26H30N2O5/c1-3-26(2,24(31)27-22(23(29)30)14-16-12-13-16)28-25(32)33-15-21-19-10-6-4-8-17(19)18-9-5-7-11-20(18)21/h4-11,16,21-22H,3,12-15H2,1-2H3,(H,27,31)(H,28,32)(H,29,30)/t22-,26?/m0/s1. The van der Waals surface area contributed by atoms with Gasteiger partial charge in [-0.05, 0) is 47.9 Å². The molecule has 0 saturated heterocycles. The monoisotopic (exact) mass is 450 g/mol. The van der Waals surface area contributed by atoms with E-state index in [0.717, 1.165) is 35.1 Å². The summed E-state index contributed by atoms with van der Waals surface area (Å²) < 4.78 is 5.57. The summed E-state index contributed by atoms with van der Waals surface area (Å²) in [5, 5.41) is 14.7. The highest BCUT2D eigenvalue weighted by molar-refractivity contribution is 5.92. The van der Waals surface area contributed by atoms with E-state index >= 15 is 0 Å². The average Bonchev–Trinajstić information content (AvgIpc) is 3.57. The van der Waals surface area contributed by atoms with Crippen molar-refractivity contribution in [2.75, 3.05) is 6.61 Å². The molecule has 2 aliphatic rings. The summed E-state index contributed by atoms with van der Waals surface area (Å²) in [6.07, 6.45) is 1.97. The largest absolute Gasteiger partial charge is 0.480 e. The number of carboxylic acids is 1. The molecule has 0 heterocycles. The number of nitrogens with one attached hydrogen (secondary N) is 2. The molecule has 1 fully saturated rings.